The minimum atomic E-state index is -0.404. The van der Waals surface area contributed by atoms with Crippen molar-refractivity contribution in [2.45, 2.75) is 26.7 Å². The van der Waals surface area contributed by atoms with Gasteiger partial charge in [-0.2, -0.15) is 0 Å². The van der Waals surface area contributed by atoms with Crippen LogP contribution in [0.15, 0.2) is 48.1 Å². The number of anilines is 1. The predicted octanol–water partition coefficient (Wildman–Crippen LogP) is 3.13. The van der Waals surface area contributed by atoms with Gasteiger partial charge in [0.25, 0.3) is 5.91 Å². The first kappa shape index (κ1) is 18.0. The van der Waals surface area contributed by atoms with Gasteiger partial charge in [0, 0.05) is 12.2 Å². The lowest BCUT2D eigenvalue weighted by Crippen LogP contribution is -2.37. The fraction of sp³-hybridized carbons (Fsp3) is 0.333. The Morgan fingerprint density at radius 2 is 1.92 bits per heavy atom. The van der Waals surface area contributed by atoms with Gasteiger partial charge in [0.1, 0.15) is 12.4 Å². The molecular formula is C21H23NO4. The zero-order valence-electron chi connectivity index (χ0n) is 15.2. The number of carbonyl (C=O) groups is 2. The molecule has 0 saturated heterocycles. The van der Waals surface area contributed by atoms with E-state index in [0.717, 1.165) is 24.3 Å². The number of hydrogen-bond acceptors (Lipinski definition) is 4. The molecule has 1 aromatic carbocycles. The van der Waals surface area contributed by atoms with E-state index < -0.39 is 5.97 Å². The van der Waals surface area contributed by atoms with Crippen LogP contribution in [-0.4, -0.2) is 31.6 Å². The van der Waals surface area contributed by atoms with Crippen molar-refractivity contribution in [3.63, 3.8) is 0 Å². The van der Waals surface area contributed by atoms with E-state index >= 15 is 0 Å². The average molecular weight is 353 g/mol. The minimum absolute atomic E-state index is 0.127. The SMILES string of the molecule is CCOC(=O)C=C(C)C=CC(=O)N1CCOc2cc3c(cc21)CC=CC3. The number of benzene rings is 1. The second kappa shape index (κ2) is 8.04. The van der Waals surface area contributed by atoms with Crippen LogP contribution in [0.5, 0.6) is 5.75 Å². The normalized spacial score (nSPS) is 16.1. The van der Waals surface area contributed by atoms with Crippen LogP contribution < -0.4 is 9.64 Å². The number of amides is 1. The van der Waals surface area contributed by atoms with Crippen LogP contribution >= 0.6 is 0 Å². The van der Waals surface area contributed by atoms with E-state index in [1.165, 1.54) is 23.3 Å². The molecule has 0 aromatic heterocycles. The van der Waals surface area contributed by atoms with Gasteiger partial charge in [-0.05, 0) is 55.5 Å². The molecule has 136 valence electrons. The molecule has 0 bridgehead atoms. The second-order valence-electron chi connectivity index (χ2n) is 6.28. The highest BCUT2D eigenvalue weighted by Crippen LogP contribution is 2.36. The number of rotatable bonds is 4. The molecule has 1 aliphatic heterocycles. The molecule has 3 rings (SSSR count). The first-order chi connectivity index (χ1) is 12.6. The number of fused-ring (bicyclic) bond motifs is 2. The van der Waals surface area contributed by atoms with Crippen LogP contribution in [0.2, 0.25) is 0 Å². The van der Waals surface area contributed by atoms with Crippen LogP contribution in [0.3, 0.4) is 0 Å². The van der Waals surface area contributed by atoms with Gasteiger partial charge in [0.05, 0.1) is 18.8 Å². The van der Waals surface area contributed by atoms with E-state index in [0.29, 0.717) is 25.3 Å². The number of carbonyl (C=O) groups excluding carboxylic acids is 2. The van der Waals surface area contributed by atoms with Crippen molar-refractivity contribution >= 4 is 17.6 Å². The topological polar surface area (TPSA) is 55.8 Å². The Balaban J connectivity index is 1.78. The molecule has 0 fully saturated rings. The van der Waals surface area contributed by atoms with Gasteiger partial charge in [-0.3, -0.25) is 4.79 Å². The Bertz CT molecular complexity index is 804. The molecule has 0 radical (unpaired) electrons. The first-order valence-corrected chi connectivity index (χ1v) is 8.86. The Hall–Kier alpha value is -2.82. The van der Waals surface area contributed by atoms with Crippen molar-refractivity contribution in [1.82, 2.24) is 0 Å². The lowest BCUT2D eigenvalue weighted by atomic mass is 9.95. The lowest BCUT2D eigenvalue weighted by Gasteiger charge is -2.30. The van der Waals surface area contributed by atoms with E-state index in [4.69, 9.17) is 9.47 Å². The van der Waals surface area contributed by atoms with Crippen LogP contribution in [0.4, 0.5) is 5.69 Å². The second-order valence-corrected chi connectivity index (χ2v) is 6.28. The van der Waals surface area contributed by atoms with Crippen LogP contribution in [-0.2, 0) is 27.2 Å². The largest absolute Gasteiger partial charge is 0.490 e. The molecule has 2 aliphatic rings. The summed E-state index contributed by atoms with van der Waals surface area (Å²) in [6.45, 7) is 4.82. The third kappa shape index (κ3) is 4.04. The molecule has 0 atom stereocenters. The summed E-state index contributed by atoms with van der Waals surface area (Å²) in [7, 11) is 0. The summed E-state index contributed by atoms with van der Waals surface area (Å²) in [6, 6.07) is 4.10. The summed E-state index contributed by atoms with van der Waals surface area (Å²) in [4.78, 5) is 25.8. The summed E-state index contributed by atoms with van der Waals surface area (Å²) in [6.07, 6.45) is 10.6. The molecule has 5 heteroatoms. The maximum Gasteiger partial charge on any atom is 0.330 e. The third-order valence-electron chi connectivity index (χ3n) is 4.37. The van der Waals surface area contributed by atoms with Gasteiger partial charge in [-0.25, -0.2) is 4.79 Å². The highest BCUT2D eigenvalue weighted by Gasteiger charge is 2.24. The van der Waals surface area contributed by atoms with Crippen molar-refractivity contribution < 1.29 is 19.1 Å². The minimum Gasteiger partial charge on any atom is -0.490 e. The van der Waals surface area contributed by atoms with E-state index in [1.807, 2.05) is 6.07 Å². The number of nitrogens with zero attached hydrogens (tertiary/aromatic N) is 1. The van der Waals surface area contributed by atoms with Gasteiger partial charge < -0.3 is 14.4 Å². The zero-order valence-corrected chi connectivity index (χ0v) is 15.2. The summed E-state index contributed by atoms with van der Waals surface area (Å²) in [5, 5.41) is 0. The number of allylic oxidation sites excluding steroid dienone is 4. The van der Waals surface area contributed by atoms with Crippen molar-refractivity contribution in [3.05, 3.63) is 59.2 Å². The van der Waals surface area contributed by atoms with E-state index in [2.05, 4.69) is 18.2 Å². The Kier molecular flexibility index (Phi) is 5.56. The fourth-order valence-corrected chi connectivity index (χ4v) is 3.09. The number of hydrogen-bond donors (Lipinski definition) is 0. The first-order valence-electron chi connectivity index (χ1n) is 8.86. The smallest absolute Gasteiger partial charge is 0.330 e. The molecule has 0 N–H and O–H groups in total. The Labute approximate surface area is 153 Å². The van der Waals surface area contributed by atoms with Crippen LogP contribution in [0.25, 0.3) is 0 Å². The standard InChI is InChI=1S/C21H23NO4/c1-3-25-21(24)12-15(2)8-9-20(23)22-10-11-26-19-14-17-7-5-4-6-16(17)13-18(19)22/h4-5,8-9,12-14H,3,6-7,10-11H2,1-2H3. The highest BCUT2D eigenvalue weighted by molar-refractivity contribution is 6.03. The summed E-state index contributed by atoms with van der Waals surface area (Å²) < 4.78 is 10.6. The van der Waals surface area contributed by atoms with Crippen molar-refractivity contribution in [3.8, 4) is 5.75 Å². The molecule has 1 amide bonds. The Morgan fingerprint density at radius 3 is 2.65 bits per heavy atom. The maximum absolute atomic E-state index is 12.7. The van der Waals surface area contributed by atoms with Gasteiger partial charge >= 0.3 is 5.97 Å². The summed E-state index contributed by atoms with van der Waals surface area (Å²) in [5.41, 5.74) is 3.97. The molecule has 0 unspecified atom stereocenters. The number of ether oxygens (including phenoxy) is 2. The molecule has 1 aliphatic carbocycles. The molecule has 26 heavy (non-hydrogen) atoms. The third-order valence-corrected chi connectivity index (χ3v) is 4.37. The summed E-state index contributed by atoms with van der Waals surface area (Å²) >= 11 is 0. The lowest BCUT2D eigenvalue weighted by molar-refractivity contribution is -0.137. The molecule has 5 nitrogen and oxygen atoms in total. The highest BCUT2D eigenvalue weighted by atomic mass is 16.5. The van der Waals surface area contributed by atoms with Crippen molar-refractivity contribution in [2.24, 2.45) is 0 Å². The maximum atomic E-state index is 12.7. The molecule has 0 spiro atoms. The molecule has 1 heterocycles. The van der Waals surface area contributed by atoms with Gasteiger partial charge in [0.2, 0.25) is 0 Å². The zero-order chi connectivity index (χ0) is 18.5. The molecular weight excluding hydrogens is 330 g/mol. The fourth-order valence-electron chi connectivity index (χ4n) is 3.09. The average Bonchev–Trinajstić information content (AvgIpc) is 2.64. The monoisotopic (exact) mass is 353 g/mol. The quantitative estimate of drug-likeness (QED) is 0.361. The molecule has 0 saturated carbocycles. The van der Waals surface area contributed by atoms with E-state index in [1.54, 1.807) is 24.8 Å². The van der Waals surface area contributed by atoms with Crippen molar-refractivity contribution in [2.75, 3.05) is 24.7 Å². The van der Waals surface area contributed by atoms with Crippen LogP contribution in [0.1, 0.15) is 25.0 Å². The Morgan fingerprint density at radius 1 is 1.19 bits per heavy atom. The molecule has 1 aromatic rings. The van der Waals surface area contributed by atoms with Gasteiger partial charge in [0.15, 0.2) is 0 Å². The van der Waals surface area contributed by atoms with Crippen molar-refractivity contribution in [1.29, 1.82) is 0 Å². The summed E-state index contributed by atoms with van der Waals surface area (Å²) in [5.74, 6) is 0.224. The van der Waals surface area contributed by atoms with Gasteiger partial charge in [-0.1, -0.05) is 18.2 Å². The predicted molar refractivity (Wildman–Crippen MR) is 100 cm³/mol. The van der Waals surface area contributed by atoms with E-state index in [-0.39, 0.29) is 5.91 Å². The van der Waals surface area contributed by atoms with Crippen LogP contribution in [0, 0.1) is 0 Å². The van der Waals surface area contributed by atoms with E-state index in [9.17, 15) is 9.59 Å². The van der Waals surface area contributed by atoms with Gasteiger partial charge in [-0.15, -0.1) is 0 Å². The number of esters is 1.